The average molecular weight is 194 g/mol. The molecule has 0 aromatic carbocycles. The molecule has 70 valence electrons. The number of pyridine rings is 2. The predicted octanol–water partition coefficient (Wildman–Crippen LogP) is -1.11. The van der Waals surface area contributed by atoms with Gasteiger partial charge in [0.05, 0.1) is 0 Å². The van der Waals surface area contributed by atoms with Crippen LogP contribution in [-0.4, -0.2) is 25.7 Å². The normalized spacial score (nSPS) is 11.2. The molecule has 0 spiro atoms. The Morgan fingerprint density at radius 3 is 1.80 bits per heavy atom. The first-order valence-corrected chi connectivity index (χ1v) is 4.85. The van der Waals surface area contributed by atoms with Crippen molar-refractivity contribution < 1.29 is 4.42 Å². The summed E-state index contributed by atoms with van der Waals surface area (Å²) in [7, 11) is 4.00. The third-order valence-electron chi connectivity index (χ3n) is 2.42. The first-order chi connectivity index (χ1) is 7.24. The molecule has 0 radical (unpaired) electrons. The lowest BCUT2D eigenvalue weighted by atomic mass is 9.98. The van der Waals surface area contributed by atoms with Gasteiger partial charge in [-0.1, -0.05) is 10.9 Å². The van der Waals surface area contributed by atoms with Gasteiger partial charge in [0.15, 0.2) is 11.2 Å². The molecular weight excluding hydrogens is 186 g/mol. The summed E-state index contributed by atoms with van der Waals surface area (Å²) in [5.74, 6) is 0. The fourth-order valence-corrected chi connectivity index (χ4v) is 1.71. The Kier molecular flexibility index (Phi) is 1.63. The summed E-state index contributed by atoms with van der Waals surface area (Å²) in [5.41, 5.74) is 5.49. The molecule has 0 atom stereocenters. The number of nitrogens with zero attached hydrogens (tertiary/aromatic N) is 2. The number of rotatable bonds is 0. The number of hydrogen-bond acceptors (Lipinski definition) is 3. The summed E-state index contributed by atoms with van der Waals surface area (Å²) in [6.07, 6.45) is 3.66. The third kappa shape index (κ3) is 1.23. The van der Waals surface area contributed by atoms with Crippen molar-refractivity contribution in [2.45, 2.75) is 0 Å². The molecule has 0 aliphatic rings. The predicted molar refractivity (Wildman–Crippen MR) is 65.7 cm³/mol. The van der Waals surface area contributed by atoms with E-state index in [1.54, 1.807) is 0 Å². The molecule has 0 saturated carbocycles. The fraction of sp³-hybridized carbons (Fsp3) is 0. The van der Waals surface area contributed by atoms with Gasteiger partial charge in [0.2, 0.25) is 0 Å². The summed E-state index contributed by atoms with van der Waals surface area (Å²) < 4.78 is 5.69. The number of furan rings is 1. The van der Waals surface area contributed by atoms with Crippen LogP contribution in [0.2, 0.25) is 0 Å². The lowest BCUT2D eigenvalue weighted by Gasteiger charge is -1.90. The minimum atomic E-state index is 0.808. The van der Waals surface area contributed by atoms with Crippen molar-refractivity contribution in [3.63, 3.8) is 0 Å². The maximum absolute atomic E-state index is 5.69. The standard InChI is InChI=1S/C10H8B2N2O/c11-5-1-7-9(13-3-5)10-8(15-7)2-6(12)4-14-10/h1-4H,11-12H2. The molecule has 15 heavy (non-hydrogen) atoms. The minimum Gasteiger partial charge on any atom is -0.453 e. The average Bonchev–Trinajstić information content (AvgIpc) is 2.53. The van der Waals surface area contributed by atoms with Crippen molar-refractivity contribution >= 4 is 48.8 Å². The van der Waals surface area contributed by atoms with E-state index < -0.39 is 0 Å². The Morgan fingerprint density at radius 1 is 0.867 bits per heavy atom. The highest BCUT2D eigenvalue weighted by Crippen LogP contribution is 2.22. The van der Waals surface area contributed by atoms with Gasteiger partial charge < -0.3 is 4.42 Å². The lowest BCUT2D eigenvalue weighted by molar-refractivity contribution is 0.668. The van der Waals surface area contributed by atoms with Crippen LogP contribution in [0.25, 0.3) is 22.2 Å². The van der Waals surface area contributed by atoms with Crippen LogP contribution >= 0.6 is 0 Å². The summed E-state index contributed by atoms with van der Waals surface area (Å²) in [6.45, 7) is 0. The molecule has 0 amide bonds. The Balaban J connectivity index is 2.51. The highest BCUT2D eigenvalue weighted by molar-refractivity contribution is 6.33. The van der Waals surface area contributed by atoms with Crippen molar-refractivity contribution in [1.29, 1.82) is 0 Å². The molecule has 3 aromatic heterocycles. The van der Waals surface area contributed by atoms with Gasteiger partial charge in [-0.3, -0.25) is 9.97 Å². The monoisotopic (exact) mass is 194 g/mol. The molecular formula is C10H8B2N2O. The first kappa shape index (κ1) is 8.53. The van der Waals surface area contributed by atoms with Gasteiger partial charge in [-0.2, -0.15) is 0 Å². The van der Waals surface area contributed by atoms with E-state index in [2.05, 4.69) is 9.97 Å². The molecule has 0 aliphatic carbocycles. The number of hydrogen-bond donors (Lipinski definition) is 0. The van der Waals surface area contributed by atoms with Gasteiger partial charge in [-0.15, -0.1) is 0 Å². The molecule has 3 aromatic rings. The molecule has 3 heterocycles. The van der Waals surface area contributed by atoms with E-state index in [4.69, 9.17) is 4.42 Å². The van der Waals surface area contributed by atoms with Crippen molar-refractivity contribution in [1.82, 2.24) is 9.97 Å². The molecule has 5 heteroatoms. The van der Waals surface area contributed by atoms with Gasteiger partial charge in [0, 0.05) is 12.4 Å². The highest BCUT2D eigenvalue weighted by atomic mass is 16.3. The molecule has 0 saturated heterocycles. The Labute approximate surface area is 88.3 Å². The molecule has 0 N–H and O–H groups in total. The van der Waals surface area contributed by atoms with Crippen LogP contribution in [0.4, 0.5) is 0 Å². The van der Waals surface area contributed by atoms with Gasteiger partial charge in [0.25, 0.3) is 0 Å². The minimum absolute atomic E-state index is 0.808. The first-order valence-electron chi connectivity index (χ1n) is 4.85. The maximum Gasteiger partial charge on any atom is 0.155 e. The van der Waals surface area contributed by atoms with E-state index >= 15 is 0 Å². The Hall–Kier alpha value is -1.77. The zero-order chi connectivity index (χ0) is 10.4. The highest BCUT2D eigenvalue weighted by Gasteiger charge is 2.08. The topological polar surface area (TPSA) is 38.9 Å². The van der Waals surface area contributed by atoms with Crippen molar-refractivity contribution in [2.75, 3.05) is 0 Å². The van der Waals surface area contributed by atoms with Crippen LogP contribution in [0.5, 0.6) is 0 Å². The molecule has 3 rings (SSSR count). The smallest absolute Gasteiger partial charge is 0.155 e. The van der Waals surface area contributed by atoms with E-state index in [0.29, 0.717) is 0 Å². The number of aromatic nitrogens is 2. The Bertz CT molecular complexity index is 607. The lowest BCUT2D eigenvalue weighted by Crippen LogP contribution is -2.02. The Morgan fingerprint density at radius 2 is 1.33 bits per heavy atom. The molecule has 0 fully saturated rings. The van der Waals surface area contributed by atoms with Crippen LogP contribution < -0.4 is 10.9 Å². The summed E-state index contributed by atoms with van der Waals surface area (Å²) >= 11 is 0. The summed E-state index contributed by atoms with van der Waals surface area (Å²) in [6, 6.07) is 3.97. The molecule has 0 unspecified atom stereocenters. The van der Waals surface area contributed by atoms with Crippen molar-refractivity contribution in [2.24, 2.45) is 0 Å². The summed E-state index contributed by atoms with van der Waals surface area (Å²) in [5, 5.41) is 0. The van der Waals surface area contributed by atoms with E-state index in [1.165, 1.54) is 0 Å². The van der Waals surface area contributed by atoms with E-state index in [0.717, 1.165) is 33.1 Å². The van der Waals surface area contributed by atoms with Crippen molar-refractivity contribution in [3.05, 3.63) is 24.5 Å². The number of fused-ring (bicyclic) bond motifs is 3. The van der Waals surface area contributed by atoms with Crippen LogP contribution in [0.15, 0.2) is 28.9 Å². The van der Waals surface area contributed by atoms with Gasteiger partial charge >= 0.3 is 0 Å². The SMILES string of the molecule is Bc1cnc2c(c1)oc1cc(B)cnc12. The van der Waals surface area contributed by atoms with Gasteiger partial charge in [0.1, 0.15) is 26.7 Å². The van der Waals surface area contributed by atoms with Crippen LogP contribution in [-0.2, 0) is 0 Å². The zero-order valence-corrected chi connectivity index (χ0v) is 8.61. The van der Waals surface area contributed by atoms with Crippen LogP contribution in [0, 0.1) is 0 Å². The van der Waals surface area contributed by atoms with Gasteiger partial charge in [-0.25, -0.2) is 0 Å². The van der Waals surface area contributed by atoms with Crippen LogP contribution in [0.1, 0.15) is 0 Å². The second kappa shape index (κ2) is 2.86. The molecule has 0 aliphatic heterocycles. The largest absolute Gasteiger partial charge is 0.453 e. The van der Waals surface area contributed by atoms with Crippen molar-refractivity contribution in [3.8, 4) is 0 Å². The summed E-state index contributed by atoms with van der Waals surface area (Å²) in [4.78, 5) is 8.68. The van der Waals surface area contributed by atoms with E-state index in [1.807, 2.05) is 40.2 Å². The molecule has 3 nitrogen and oxygen atoms in total. The molecule has 0 bridgehead atoms. The fourth-order valence-electron chi connectivity index (χ4n) is 1.71. The maximum atomic E-state index is 5.69. The zero-order valence-electron chi connectivity index (χ0n) is 8.61. The third-order valence-corrected chi connectivity index (χ3v) is 2.42. The second-order valence-corrected chi connectivity index (χ2v) is 3.82. The van der Waals surface area contributed by atoms with Gasteiger partial charge in [-0.05, 0) is 12.1 Å². The quantitative estimate of drug-likeness (QED) is 0.426. The van der Waals surface area contributed by atoms with E-state index in [9.17, 15) is 0 Å². The van der Waals surface area contributed by atoms with Crippen LogP contribution in [0.3, 0.4) is 0 Å². The van der Waals surface area contributed by atoms with E-state index in [-0.39, 0.29) is 0 Å². The second-order valence-electron chi connectivity index (χ2n) is 3.82.